The van der Waals surface area contributed by atoms with Crippen molar-refractivity contribution in [2.24, 2.45) is 5.92 Å². The number of piperidine rings is 1. The molecular weight excluding hydrogens is 420 g/mol. The zero-order valence-corrected chi connectivity index (χ0v) is 19.3. The van der Waals surface area contributed by atoms with Gasteiger partial charge in [-0.15, -0.1) is 0 Å². The Labute approximate surface area is 194 Å². The lowest BCUT2D eigenvalue weighted by atomic mass is 9.66. The minimum Gasteiger partial charge on any atom is -0.497 e. The zero-order valence-electron chi connectivity index (χ0n) is 19.3. The summed E-state index contributed by atoms with van der Waals surface area (Å²) in [6.45, 7) is 0.305. The van der Waals surface area contributed by atoms with Crippen molar-refractivity contribution >= 4 is 11.8 Å². The molecule has 1 saturated carbocycles. The largest absolute Gasteiger partial charge is 0.497 e. The van der Waals surface area contributed by atoms with E-state index in [2.05, 4.69) is 5.32 Å². The SMILES string of the molecule is COc1ccc(OC)c([C@H]2[C@@H]3CCCC[C@]3(O)CCN2C(=O)CNC(=O)c2ccccc2)c1. The number of ether oxygens (including phenoxy) is 2. The number of amides is 2. The van der Waals surface area contributed by atoms with Gasteiger partial charge in [-0.25, -0.2) is 0 Å². The molecule has 2 fully saturated rings. The maximum Gasteiger partial charge on any atom is 0.251 e. The number of carbonyl (C=O) groups is 2. The first kappa shape index (κ1) is 23.1. The molecule has 0 unspecified atom stereocenters. The molecule has 3 atom stereocenters. The third-order valence-electron chi connectivity index (χ3n) is 7.08. The molecule has 33 heavy (non-hydrogen) atoms. The van der Waals surface area contributed by atoms with Crippen molar-refractivity contribution in [2.45, 2.75) is 43.7 Å². The second-order valence-corrected chi connectivity index (χ2v) is 8.89. The summed E-state index contributed by atoms with van der Waals surface area (Å²) < 4.78 is 11.1. The standard InChI is InChI=1S/C26H32N2O5/c1-32-19-11-12-22(33-2)20(16-19)24-21-10-6-7-13-26(21,31)14-15-28(24)23(29)17-27-25(30)18-8-4-3-5-9-18/h3-5,8-9,11-12,16,21,24,31H,6-7,10,13-15,17H2,1-2H3,(H,27,30)/t21-,24-,26-/m0/s1. The van der Waals surface area contributed by atoms with Gasteiger partial charge >= 0.3 is 0 Å². The van der Waals surface area contributed by atoms with Gasteiger partial charge in [0.05, 0.1) is 32.4 Å². The van der Waals surface area contributed by atoms with E-state index in [9.17, 15) is 14.7 Å². The van der Waals surface area contributed by atoms with E-state index < -0.39 is 5.60 Å². The number of hydrogen-bond acceptors (Lipinski definition) is 5. The number of aliphatic hydroxyl groups is 1. The van der Waals surface area contributed by atoms with Crippen molar-refractivity contribution in [1.29, 1.82) is 0 Å². The number of fused-ring (bicyclic) bond motifs is 1. The summed E-state index contributed by atoms with van der Waals surface area (Å²) in [6.07, 6.45) is 4.06. The van der Waals surface area contributed by atoms with Gasteiger partial charge in [0.15, 0.2) is 0 Å². The molecule has 0 radical (unpaired) electrons. The number of likely N-dealkylation sites (tertiary alicyclic amines) is 1. The normalized spacial score (nSPS) is 24.5. The summed E-state index contributed by atoms with van der Waals surface area (Å²) in [6, 6.07) is 14.0. The van der Waals surface area contributed by atoms with E-state index in [0.29, 0.717) is 30.0 Å². The Balaban J connectivity index is 1.63. The average Bonchev–Trinajstić information content (AvgIpc) is 2.86. The Hall–Kier alpha value is -3.06. The van der Waals surface area contributed by atoms with Gasteiger partial charge in [0, 0.05) is 23.6 Å². The minimum atomic E-state index is -0.818. The highest BCUT2D eigenvalue weighted by Crippen LogP contribution is 2.51. The smallest absolute Gasteiger partial charge is 0.251 e. The van der Waals surface area contributed by atoms with Crippen molar-refractivity contribution in [3.8, 4) is 11.5 Å². The van der Waals surface area contributed by atoms with Gasteiger partial charge in [-0.05, 0) is 49.6 Å². The molecule has 1 aliphatic carbocycles. The Morgan fingerprint density at radius 3 is 2.61 bits per heavy atom. The van der Waals surface area contributed by atoms with Gasteiger partial charge in [0.25, 0.3) is 5.91 Å². The first-order valence-electron chi connectivity index (χ1n) is 11.5. The highest BCUT2D eigenvalue weighted by atomic mass is 16.5. The number of nitrogens with one attached hydrogen (secondary N) is 1. The summed E-state index contributed by atoms with van der Waals surface area (Å²) in [7, 11) is 3.21. The fraction of sp³-hybridized carbons (Fsp3) is 0.462. The molecule has 0 bridgehead atoms. The molecule has 2 N–H and O–H groups in total. The number of methoxy groups -OCH3 is 2. The van der Waals surface area contributed by atoms with Gasteiger partial charge in [-0.1, -0.05) is 31.0 Å². The van der Waals surface area contributed by atoms with Gasteiger partial charge < -0.3 is 24.8 Å². The van der Waals surface area contributed by atoms with Gasteiger partial charge in [-0.2, -0.15) is 0 Å². The average molecular weight is 453 g/mol. The lowest BCUT2D eigenvalue weighted by Gasteiger charge is -2.52. The van der Waals surface area contributed by atoms with E-state index >= 15 is 0 Å². The molecule has 4 rings (SSSR count). The van der Waals surface area contributed by atoms with Crippen LogP contribution in [0.1, 0.15) is 54.1 Å². The second kappa shape index (κ2) is 9.83. The van der Waals surface area contributed by atoms with Crippen LogP contribution in [0, 0.1) is 5.92 Å². The van der Waals surface area contributed by atoms with Crippen LogP contribution in [0.3, 0.4) is 0 Å². The minimum absolute atomic E-state index is 0.109. The molecule has 1 aliphatic heterocycles. The van der Waals surface area contributed by atoms with E-state index in [-0.39, 0.29) is 30.3 Å². The molecule has 2 amide bonds. The molecule has 0 aromatic heterocycles. The van der Waals surface area contributed by atoms with Crippen LogP contribution >= 0.6 is 0 Å². The van der Waals surface area contributed by atoms with Gasteiger partial charge in [-0.3, -0.25) is 9.59 Å². The van der Waals surface area contributed by atoms with Crippen molar-refractivity contribution in [3.05, 3.63) is 59.7 Å². The van der Waals surface area contributed by atoms with Crippen LogP contribution in [0.5, 0.6) is 11.5 Å². The predicted molar refractivity (Wildman–Crippen MR) is 124 cm³/mol. The molecule has 2 aromatic carbocycles. The second-order valence-electron chi connectivity index (χ2n) is 8.89. The van der Waals surface area contributed by atoms with E-state index in [1.54, 1.807) is 43.4 Å². The number of carbonyl (C=O) groups excluding carboxylic acids is 2. The first-order chi connectivity index (χ1) is 16.0. The van der Waals surface area contributed by atoms with E-state index in [4.69, 9.17) is 9.47 Å². The molecule has 2 aliphatic rings. The quantitative estimate of drug-likeness (QED) is 0.702. The molecule has 2 aromatic rings. The van der Waals surface area contributed by atoms with Crippen LogP contribution in [0.25, 0.3) is 0 Å². The van der Waals surface area contributed by atoms with E-state index in [1.807, 2.05) is 24.3 Å². The third-order valence-corrected chi connectivity index (χ3v) is 7.08. The molecule has 7 nitrogen and oxygen atoms in total. The fourth-order valence-corrected chi connectivity index (χ4v) is 5.37. The zero-order chi connectivity index (χ0) is 23.4. The summed E-state index contributed by atoms with van der Waals surface area (Å²) in [5.41, 5.74) is 0.516. The van der Waals surface area contributed by atoms with Crippen LogP contribution < -0.4 is 14.8 Å². The lowest BCUT2D eigenvalue weighted by molar-refractivity contribution is -0.154. The van der Waals surface area contributed by atoms with E-state index in [1.165, 1.54) is 0 Å². The van der Waals surface area contributed by atoms with Crippen LogP contribution in [-0.2, 0) is 4.79 Å². The first-order valence-corrected chi connectivity index (χ1v) is 11.5. The molecule has 7 heteroatoms. The number of benzene rings is 2. The monoisotopic (exact) mass is 452 g/mol. The summed E-state index contributed by atoms with van der Waals surface area (Å²) in [4.78, 5) is 27.7. The highest BCUT2D eigenvalue weighted by Gasteiger charge is 2.50. The number of nitrogens with zero attached hydrogens (tertiary/aromatic N) is 1. The topological polar surface area (TPSA) is 88.1 Å². The molecule has 176 valence electrons. The maximum absolute atomic E-state index is 13.4. The Morgan fingerprint density at radius 2 is 1.88 bits per heavy atom. The summed E-state index contributed by atoms with van der Waals surface area (Å²) >= 11 is 0. The Bertz CT molecular complexity index is 995. The number of rotatable bonds is 6. The lowest BCUT2D eigenvalue weighted by Crippen LogP contribution is -2.57. The summed E-state index contributed by atoms with van der Waals surface area (Å²) in [5, 5.41) is 14.3. The fourth-order valence-electron chi connectivity index (χ4n) is 5.37. The molecule has 1 heterocycles. The van der Waals surface area contributed by atoms with E-state index in [0.717, 1.165) is 31.2 Å². The van der Waals surface area contributed by atoms with Crippen molar-refractivity contribution in [2.75, 3.05) is 27.3 Å². The molecule has 0 spiro atoms. The molecule has 1 saturated heterocycles. The molecular formula is C26H32N2O5. The number of hydrogen-bond donors (Lipinski definition) is 2. The Kier molecular flexibility index (Phi) is 6.88. The van der Waals surface area contributed by atoms with Gasteiger partial charge in [0.2, 0.25) is 5.91 Å². The van der Waals surface area contributed by atoms with Crippen LogP contribution in [-0.4, -0.2) is 54.7 Å². The predicted octanol–water partition coefficient (Wildman–Crippen LogP) is 3.33. The van der Waals surface area contributed by atoms with Crippen molar-refractivity contribution < 1.29 is 24.2 Å². The van der Waals surface area contributed by atoms with Crippen LogP contribution in [0.4, 0.5) is 0 Å². The van der Waals surface area contributed by atoms with Gasteiger partial charge in [0.1, 0.15) is 11.5 Å². The maximum atomic E-state index is 13.4. The highest BCUT2D eigenvalue weighted by molar-refractivity contribution is 5.96. The van der Waals surface area contributed by atoms with Crippen molar-refractivity contribution in [3.63, 3.8) is 0 Å². The van der Waals surface area contributed by atoms with Crippen LogP contribution in [0.2, 0.25) is 0 Å². The Morgan fingerprint density at radius 1 is 1.09 bits per heavy atom. The van der Waals surface area contributed by atoms with Crippen LogP contribution in [0.15, 0.2) is 48.5 Å². The summed E-state index contributed by atoms with van der Waals surface area (Å²) in [5.74, 6) is 0.740. The third kappa shape index (κ3) is 4.69. The van der Waals surface area contributed by atoms with Crippen molar-refractivity contribution in [1.82, 2.24) is 10.2 Å².